The number of primary amides is 1. The van der Waals surface area contributed by atoms with E-state index in [4.69, 9.17) is 10.5 Å². The molecule has 2 atom stereocenters. The third kappa shape index (κ3) is 3.01. The molecule has 3 N–H and O–H groups in total. The molecule has 0 aromatic heterocycles. The minimum atomic E-state index is -0.444. The molecule has 0 radical (unpaired) electrons. The molecule has 20 heavy (non-hydrogen) atoms. The van der Waals surface area contributed by atoms with Crippen molar-refractivity contribution in [2.75, 3.05) is 6.61 Å². The van der Waals surface area contributed by atoms with Gasteiger partial charge in [-0.3, -0.25) is 4.79 Å². The van der Waals surface area contributed by atoms with Gasteiger partial charge in [0, 0.05) is 12.6 Å². The van der Waals surface area contributed by atoms with Crippen LogP contribution in [0, 0.1) is 5.92 Å². The van der Waals surface area contributed by atoms with Crippen LogP contribution in [-0.4, -0.2) is 30.2 Å². The van der Waals surface area contributed by atoms with Crippen LogP contribution in [-0.2, 0) is 9.53 Å². The van der Waals surface area contributed by atoms with Crippen molar-refractivity contribution in [3.63, 3.8) is 0 Å². The van der Waals surface area contributed by atoms with E-state index in [0.717, 1.165) is 32.3 Å². The number of hydrogen-bond acceptors (Lipinski definition) is 3. The van der Waals surface area contributed by atoms with Gasteiger partial charge in [-0.15, -0.1) is 0 Å². The van der Waals surface area contributed by atoms with Gasteiger partial charge in [0.2, 0.25) is 5.91 Å². The van der Waals surface area contributed by atoms with E-state index in [1.807, 2.05) is 0 Å². The molecule has 3 fully saturated rings. The summed E-state index contributed by atoms with van der Waals surface area (Å²) < 4.78 is 5.98. The lowest BCUT2D eigenvalue weighted by Crippen LogP contribution is -2.58. The standard InChI is InChI=1S/C16H28N2O2/c17-15(19)16(18-13-7-8-13)10-3-4-12(16)9-11-20-14-5-1-2-6-14/h12-14,18H,1-11H2,(H2,17,19). The lowest BCUT2D eigenvalue weighted by atomic mass is 9.84. The van der Waals surface area contributed by atoms with Crippen LogP contribution in [0.2, 0.25) is 0 Å². The Balaban J connectivity index is 1.53. The van der Waals surface area contributed by atoms with Crippen LogP contribution in [0.4, 0.5) is 0 Å². The summed E-state index contributed by atoms with van der Waals surface area (Å²) in [6.07, 6.45) is 12.0. The molecule has 1 amide bonds. The lowest BCUT2D eigenvalue weighted by Gasteiger charge is -2.34. The number of amides is 1. The van der Waals surface area contributed by atoms with Crippen LogP contribution in [0.25, 0.3) is 0 Å². The number of nitrogens with one attached hydrogen (secondary N) is 1. The fourth-order valence-electron chi connectivity index (χ4n) is 4.08. The molecule has 2 unspecified atom stereocenters. The SMILES string of the molecule is NC(=O)C1(NC2CC2)CCCC1CCOC1CCCC1. The molecule has 3 aliphatic rings. The van der Waals surface area contributed by atoms with Gasteiger partial charge in [0.15, 0.2) is 0 Å². The zero-order valence-corrected chi connectivity index (χ0v) is 12.4. The van der Waals surface area contributed by atoms with Crippen molar-refractivity contribution in [3.05, 3.63) is 0 Å². The fraction of sp³-hybridized carbons (Fsp3) is 0.938. The van der Waals surface area contributed by atoms with E-state index in [1.54, 1.807) is 0 Å². The molecule has 0 saturated heterocycles. The summed E-state index contributed by atoms with van der Waals surface area (Å²) in [5.41, 5.74) is 5.31. The molecule has 0 aliphatic heterocycles. The molecular formula is C16H28N2O2. The van der Waals surface area contributed by atoms with Crippen molar-refractivity contribution in [1.29, 1.82) is 0 Å². The molecule has 114 valence electrons. The summed E-state index contributed by atoms with van der Waals surface area (Å²) in [5, 5.41) is 3.56. The molecule has 0 aromatic rings. The number of hydrogen-bond donors (Lipinski definition) is 2. The van der Waals surface area contributed by atoms with Gasteiger partial charge in [-0.1, -0.05) is 19.3 Å². The summed E-state index contributed by atoms with van der Waals surface area (Å²) in [6.45, 7) is 0.788. The Labute approximate surface area is 121 Å². The van der Waals surface area contributed by atoms with Gasteiger partial charge >= 0.3 is 0 Å². The zero-order valence-electron chi connectivity index (χ0n) is 12.4. The van der Waals surface area contributed by atoms with E-state index < -0.39 is 5.54 Å². The molecular weight excluding hydrogens is 252 g/mol. The Morgan fingerprint density at radius 3 is 2.55 bits per heavy atom. The molecule has 3 saturated carbocycles. The monoisotopic (exact) mass is 280 g/mol. The quantitative estimate of drug-likeness (QED) is 0.750. The van der Waals surface area contributed by atoms with E-state index in [-0.39, 0.29) is 5.91 Å². The average molecular weight is 280 g/mol. The highest BCUT2D eigenvalue weighted by molar-refractivity contribution is 5.85. The number of rotatable bonds is 7. The van der Waals surface area contributed by atoms with Gasteiger partial charge in [-0.05, 0) is 50.9 Å². The normalized spacial score (nSPS) is 34.7. The van der Waals surface area contributed by atoms with Crippen LogP contribution in [0.15, 0.2) is 0 Å². The first-order valence-corrected chi connectivity index (χ1v) is 8.40. The predicted octanol–water partition coefficient (Wildman–Crippen LogP) is 2.11. The Kier molecular flexibility index (Phi) is 4.32. The van der Waals surface area contributed by atoms with E-state index in [1.165, 1.54) is 38.5 Å². The summed E-state index contributed by atoms with van der Waals surface area (Å²) in [7, 11) is 0. The predicted molar refractivity (Wildman–Crippen MR) is 78.2 cm³/mol. The minimum Gasteiger partial charge on any atom is -0.378 e. The third-order valence-corrected chi connectivity index (χ3v) is 5.42. The van der Waals surface area contributed by atoms with Crippen LogP contribution < -0.4 is 11.1 Å². The number of nitrogens with two attached hydrogens (primary N) is 1. The lowest BCUT2D eigenvalue weighted by molar-refractivity contribution is -0.126. The van der Waals surface area contributed by atoms with Gasteiger partial charge in [-0.2, -0.15) is 0 Å². The number of carbonyl (C=O) groups excluding carboxylic acids is 1. The minimum absolute atomic E-state index is 0.146. The van der Waals surface area contributed by atoms with Crippen LogP contribution in [0.3, 0.4) is 0 Å². The second kappa shape index (κ2) is 6.02. The molecule has 0 bridgehead atoms. The Bertz CT molecular complexity index is 350. The molecule has 0 heterocycles. The number of carbonyl (C=O) groups is 1. The highest BCUT2D eigenvalue weighted by atomic mass is 16.5. The topological polar surface area (TPSA) is 64.4 Å². The highest BCUT2D eigenvalue weighted by Gasteiger charge is 2.49. The first-order chi connectivity index (χ1) is 9.71. The van der Waals surface area contributed by atoms with Gasteiger partial charge in [0.25, 0.3) is 0 Å². The van der Waals surface area contributed by atoms with E-state index in [9.17, 15) is 4.79 Å². The van der Waals surface area contributed by atoms with E-state index in [2.05, 4.69) is 5.32 Å². The molecule has 4 heteroatoms. The Morgan fingerprint density at radius 1 is 1.15 bits per heavy atom. The highest BCUT2D eigenvalue weighted by Crippen LogP contribution is 2.40. The first kappa shape index (κ1) is 14.3. The van der Waals surface area contributed by atoms with Crippen molar-refractivity contribution >= 4 is 5.91 Å². The maximum absolute atomic E-state index is 12.0. The van der Waals surface area contributed by atoms with Gasteiger partial charge in [0.05, 0.1) is 6.10 Å². The zero-order chi connectivity index (χ0) is 14.0. The maximum atomic E-state index is 12.0. The smallest absolute Gasteiger partial charge is 0.238 e. The molecule has 0 spiro atoms. The summed E-state index contributed by atoms with van der Waals surface area (Å²) in [4.78, 5) is 12.0. The summed E-state index contributed by atoms with van der Waals surface area (Å²) >= 11 is 0. The molecule has 3 aliphatic carbocycles. The Morgan fingerprint density at radius 2 is 1.90 bits per heavy atom. The fourth-order valence-corrected chi connectivity index (χ4v) is 4.08. The summed E-state index contributed by atoms with van der Waals surface area (Å²) in [5.74, 6) is 0.217. The van der Waals surface area contributed by atoms with Crippen molar-refractivity contribution in [1.82, 2.24) is 5.32 Å². The average Bonchev–Trinajstić information content (AvgIpc) is 2.91. The van der Waals surface area contributed by atoms with Gasteiger partial charge < -0.3 is 15.8 Å². The Hall–Kier alpha value is -0.610. The number of ether oxygens (including phenoxy) is 1. The van der Waals surface area contributed by atoms with Crippen LogP contribution in [0.1, 0.15) is 64.2 Å². The van der Waals surface area contributed by atoms with Gasteiger partial charge in [-0.25, -0.2) is 0 Å². The van der Waals surface area contributed by atoms with Crippen molar-refractivity contribution in [2.45, 2.75) is 81.9 Å². The molecule has 4 nitrogen and oxygen atoms in total. The second-order valence-electron chi connectivity index (χ2n) is 6.91. The molecule has 0 aromatic carbocycles. The second-order valence-corrected chi connectivity index (χ2v) is 6.91. The maximum Gasteiger partial charge on any atom is 0.238 e. The van der Waals surface area contributed by atoms with Crippen molar-refractivity contribution in [2.24, 2.45) is 11.7 Å². The van der Waals surface area contributed by atoms with E-state index in [0.29, 0.717) is 18.1 Å². The van der Waals surface area contributed by atoms with Crippen molar-refractivity contribution in [3.8, 4) is 0 Å². The summed E-state index contributed by atoms with van der Waals surface area (Å²) in [6, 6.07) is 0.527. The van der Waals surface area contributed by atoms with E-state index >= 15 is 0 Å². The van der Waals surface area contributed by atoms with Crippen LogP contribution >= 0.6 is 0 Å². The first-order valence-electron chi connectivity index (χ1n) is 8.40. The van der Waals surface area contributed by atoms with Crippen LogP contribution in [0.5, 0.6) is 0 Å². The third-order valence-electron chi connectivity index (χ3n) is 5.42. The largest absolute Gasteiger partial charge is 0.378 e. The molecule has 3 rings (SSSR count). The van der Waals surface area contributed by atoms with Crippen molar-refractivity contribution < 1.29 is 9.53 Å². The van der Waals surface area contributed by atoms with Gasteiger partial charge in [0.1, 0.15) is 5.54 Å².